The van der Waals surface area contributed by atoms with E-state index in [4.69, 9.17) is 15.9 Å². The van der Waals surface area contributed by atoms with E-state index in [2.05, 4.69) is 15.2 Å². The quantitative estimate of drug-likeness (QED) is 0.592. The Morgan fingerprint density at radius 3 is 2.56 bits per heavy atom. The number of hydrogen-bond donors (Lipinski definition) is 3. The molecule has 1 rings (SSSR count). The largest absolute Gasteiger partial charge is 0.480 e. The van der Waals surface area contributed by atoms with Crippen LogP contribution in [0.4, 0.5) is 0 Å². The first-order valence-electron chi connectivity index (χ1n) is 4.95. The Morgan fingerprint density at radius 2 is 2.06 bits per heavy atom. The lowest BCUT2D eigenvalue weighted by molar-refractivity contribution is -0.138. The minimum absolute atomic E-state index is 0.0854. The molecule has 0 radical (unpaired) electrons. The Hall–Kier alpha value is -1.74. The van der Waals surface area contributed by atoms with E-state index in [1.165, 1.54) is 11.8 Å². The number of carbonyl (C=O) groups is 2. The molecule has 0 aromatic carbocycles. The lowest BCUT2D eigenvalue weighted by Crippen LogP contribution is -2.30. The van der Waals surface area contributed by atoms with Crippen LogP contribution in [0.25, 0.3) is 0 Å². The molecule has 0 aliphatic rings. The van der Waals surface area contributed by atoms with Gasteiger partial charge in [0.05, 0.1) is 5.69 Å². The number of aliphatic carboxylic acids is 1. The highest BCUT2D eigenvalue weighted by Crippen LogP contribution is 2.12. The highest BCUT2D eigenvalue weighted by Gasteiger charge is 2.18. The van der Waals surface area contributed by atoms with Gasteiger partial charge >= 0.3 is 11.9 Å². The molecule has 0 saturated carbocycles. The second-order valence-electron chi connectivity index (χ2n) is 3.38. The number of carboxylic acid groups (broad SMARTS) is 2. The summed E-state index contributed by atoms with van der Waals surface area (Å²) in [7, 11) is 0. The summed E-state index contributed by atoms with van der Waals surface area (Å²) in [4.78, 5) is 25.5. The number of nitrogens with zero attached hydrogens (tertiary/aromatic N) is 3. The van der Waals surface area contributed by atoms with E-state index < -0.39 is 18.0 Å². The topological polar surface area (TPSA) is 139 Å². The molecule has 0 amide bonds. The number of nitrogens with two attached hydrogens (primary N) is 1. The third-order valence-electron chi connectivity index (χ3n) is 2.13. The van der Waals surface area contributed by atoms with Crippen molar-refractivity contribution in [2.75, 3.05) is 6.26 Å². The summed E-state index contributed by atoms with van der Waals surface area (Å²) >= 11 is 1.22. The highest BCUT2D eigenvalue weighted by atomic mass is 32.2. The summed E-state index contributed by atoms with van der Waals surface area (Å²) in [5, 5.41) is 25.0. The number of aromatic nitrogens is 3. The van der Waals surface area contributed by atoms with Crippen molar-refractivity contribution >= 4 is 23.7 Å². The first kappa shape index (κ1) is 14.3. The monoisotopic (exact) mass is 272 g/mol. The maximum absolute atomic E-state index is 10.9. The van der Waals surface area contributed by atoms with Gasteiger partial charge in [0.15, 0.2) is 5.69 Å². The van der Waals surface area contributed by atoms with Crippen molar-refractivity contribution in [2.45, 2.75) is 24.0 Å². The molecular formula is C9H12N4O4S. The highest BCUT2D eigenvalue weighted by molar-refractivity contribution is 7.98. The smallest absolute Gasteiger partial charge is 0.358 e. The summed E-state index contributed by atoms with van der Waals surface area (Å²) in [6.45, 7) is 0. The van der Waals surface area contributed by atoms with Gasteiger partial charge in [0.25, 0.3) is 0 Å². The van der Waals surface area contributed by atoms with Crippen LogP contribution in [-0.2, 0) is 11.2 Å². The molecule has 4 N–H and O–H groups in total. The van der Waals surface area contributed by atoms with Crippen molar-refractivity contribution in [1.29, 1.82) is 0 Å². The Bertz CT molecular complexity index is 468. The molecule has 0 aliphatic heterocycles. The molecule has 1 atom stereocenters. The molecule has 1 heterocycles. The molecule has 0 aliphatic carbocycles. The Morgan fingerprint density at radius 1 is 1.39 bits per heavy atom. The first-order chi connectivity index (χ1) is 8.45. The Labute approximate surface area is 107 Å². The van der Waals surface area contributed by atoms with Crippen molar-refractivity contribution in [3.8, 4) is 0 Å². The van der Waals surface area contributed by atoms with Gasteiger partial charge in [-0.05, 0) is 19.1 Å². The summed E-state index contributed by atoms with van der Waals surface area (Å²) in [6.07, 6.45) is 1.94. The zero-order chi connectivity index (χ0) is 13.7. The van der Waals surface area contributed by atoms with Gasteiger partial charge in [0, 0.05) is 0 Å². The number of aromatic carboxylic acids is 1. The van der Waals surface area contributed by atoms with Crippen LogP contribution in [-0.4, -0.2) is 49.6 Å². The van der Waals surface area contributed by atoms with Crippen molar-refractivity contribution < 1.29 is 19.8 Å². The van der Waals surface area contributed by atoms with E-state index in [-0.39, 0.29) is 24.2 Å². The summed E-state index contributed by atoms with van der Waals surface area (Å²) in [5.41, 5.74) is 5.27. The van der Waals surface area contributed by atoms with Crippen LogP contribution >= 0.6 is 11.8 Å². The zero-order valence-electron chi connectivity index (χ0n) is 9.53. The maximum atomic E-state index is 10.9. The summed E-state index contributed by atoms with van der Waals surface area (Å²) in [5.74, 6) is -2.39. The molecule has 0 spiro atoms. The van der Waals surface area contributed by atoms with E-state index in [1.807, 2.05) is 0 Å². The molecule has 9 heteroatoms. The van der Waals surface area contributed by atoms with Gasteiger partial charge in [-0.2, -0.15) is 0 Å². The Balaban J connectivity index is 2.90. The van der Waals surface area contributed by atoms with E-state index in [1.54, 1.807) is 6.26 Å². The molecule has 1 aromatic rings. The first-order valence-corrected chi connectivity index (χ1v) is 6.17. The lowest BCUT2D eigenvalue weighted by atomic mass is 10.1. The third-order valence-corrected chi connectivity index (χ3v) is 2.67. The fraction of sp³-hybridized carbons (Fsp3) is 0.444. The van der Waals surface area contributed by atoms with Crippen LogP contribution in [0.3, 0.4) is 0 Å². The maximum Gasteiger partial charge on any atom is 0.358 e. The van der Waals surface area contributed by atoms with E-state index >= 15 is 0 Å². The molecule has 98 valence electrons. The van der Waals surface area contributed by atoms with Crippen LogP contribution < -0.4 is 5.73 Å². The molecule has 0 unspecified atom stereocenters. The van der Waals surface area contributed by atoms with E-state index in [9.17, 15) is 9.59 Å². The number of thioether (sulfide) groups is 1. The third kappa shape index (κ3) is 3.64. The van der Waals surface area contributed by atoms with Gasteiger partial charge < -0.3 is 15.9 Å². The second kappa shape index (κ2) is 6.26. The fourth-order valence-corrected chi connectivity index (χ4v) is 1.51. The number of hydrogen-bond acceptors (Lipinski definition) is 7. The average Bonchev–Trinajstić information content (AvgIpc) is 2.34. The number of rotatable bonds is 6. The second-order valence-corrected chi connectivity index (χ2v) is 4.16. The predicted octanol–water partition coefficient (Wildman–Crippen LogP) is -0.364. The van der Waals surface area contributed by atoms with E-state index in [0.29, 0.717) is 5.16 Å². The van der Waals surface area contributed by atoms with Crippen LogP contribution in [0, 0.1) is 0 Å². The molecule has 1 aromatic heterocycles. The van der Waals surface area contributed by atoms with Crippen molar-refractivity contribution in [1.82, 2.24) is 15.2 Å². The minimum atomic E-state index is -1.25. The van der Waals surface area contributed by atoms with Crippen LogP contribution in [0.5, 0.6) is 0 Å². The molecular weight excluding hydrogens is 260 g/mol. The lowest BCUT2D eigenvalue weighted by Gasteiger charge is -2.07. The van der Waals surface area contributed by atoms with Gasteiger partial charge in [-0.3, -0.25) is 4.79 Å². The van der Waals surface area contributed by atoms with Gasteiger partial charge in [-0.25, -0.2) is 9.78 Å². The SMILES string of the molecule is CSc1nnc(C(=O)O)c(CC[C@H](N)C(=O)O)n1. The number of aryl methyl sites for hydroxylation is 1. The molecule has 0 bridgehead atoms. The zero-order valence-corrected chi connectivity index (χ0v) is 10.3. The molecule has 8 nitrogen and oxygen atoms in total. The van der Waals surface area contributed by atoms with Crippen LogP contribution in [0.15, 0.2) is 5.16 Å². The summed E-state index contributed by atoms with van der Waals surface area (Å²) in [6, 6.07) is -1.06. The normalized spacial score (nSPS) is 12.1. The fourth-order valence-electron chi connectivity index (χ4n) is 1.18. The average molecular weight is 272 g/mol. The summed E-state index contributed by atoms with van der Waals surface area (Å²) < 4.78 is 0. The van der Waals surface area contributed by atoms with Crippen molar-refractivity contribution in [3.63, 3.8) is 0 Å². The standard InChI is InChI=1S/C9H12N4O4S/c1-18-9-11-5(3-2-4(10)7(14)15)6(8(16)17)12-13-9/h4H,2-3,10H2,1H3,(H,14,15)(H,16,17)/t4-/m0/s1. The minimum Gasteiger partial charge on any atom is -0.480 e. The van der Waals surface area contributed by atoms with Crippen LogP contribution in [0.1, 0.15) is 22.6 Å². The van der Waals surface area contributed by atoms with Crippen molar-refractivity contribution in [3.05, 3.63) is 11.4 Å². The van der Waals surface area contributed by atoms with E-state index in [0.717, 1.165) is 0 Å². The molecule has 0 saturated heterocycles. The molecule has 0 fully saturated rings. The van der Waals surface area contributed by atoms with Crippen LogP contribution in [0.2, 0.25) is 0 Å². The van der Waals surface area contributed by atoms with Gasteiger partial charge in [0.2, 0.25) is 5.16 Å². The molecule has 18 heavy (non-hydrogen) atoms. The number of carboxylic acids is 2. The Kier molecular flexibility index (Phi) is 4.98. The van der Waals surface area contributed by atoms with Gasteiger partial charge in [-0.15, -0.1) is 10.2 Å². The predicted molar refractivity (Wildman–Crippen MR) is 62.5 cm³/mol. The van der Waals surface area contributed by atoms with Gasteiger partial charge in [-0.1, -0.05) is 11.8 Å². The van der Waals surface area contributed by atoms with Gasteiger partial charge in [0.1, 0.15) is 6.04 Å². The van der Waals surface area contributed by atoms with Crippen molar-refractivity contribution in [2.24, 2.45) is 5.73 Å².